The summed E-state index contributed by atoms with van der Waals surface area (Å²) < 4.78 is 31.6. The molecule has 1 fully saturated rings. The third-order valence-corrected chi connectivity index (χ3v) is 7.26. The van der Waals surface area contributed by atoms with Gasteiger partial charge in [-0.25, -0.2) is 0 Å². The van der Waals surface area contributed by atoms with E-state index in [4.69, 9.17) is 23.7 Å². The van der Waals surface area contributed by atoms with E-state index in [0.717, 1.165) is 22.3 Å². The first-order valence-corrected chi connectivity index (χ1v) is 14.3. The number of aliphatic hydroxyl groups excluding tert-OH is 2. The van der Waals surface area contributed by atoms with E-state index in [9.17, 15) is 10.2 Å². The van der Waals surface area contributed by atoms with Gasteiger partial charge in [0.2, 0.25) is 0 Å². The normalized spacial score (nSPS) is 23.0. The summed E-state index contributed by atoms with van der Waals surface area (Å²) in [6.45, 7) is 0.722. The molecule has 220 valence electrons. The van der Waals surface area contributed by atoms with Gasteiger partial charge in [-0.2, -0.15) is 0 Å². The molecule has 0 aromatic heterocycles. The fourth-order valence-electron chi connectivity index (χ4n) is 5.04. The summed E-state index contributed by atoms with van der Waals surface area (Å²) in [5.41, 5.74) is 3.85. The molecule has 0 amide bonds. The minimum atomic E-state index is -1.34. The molecule has 0 saturated carbocycles. The van der Waals surface area contributed by atoms with E-state index in [0.29, 0.717) is 0 Å². The predicted octanol–water partition coefficient (Wildman–Crippen LogP) is 5.04. The highest BCUT2D eigenvalue weighted by Crippen LogP contribution is 2.32. The van der Waals surface area contributed by atoms with Crippen molar-refractivity contribution >= 4 is 0 Å². The van der Waals surface area contributed by atoms with E-state index in [1.165, 1.54) is 0 Å². The molecule has 7 heteroatoms. The topological polar surface area (TPSA) is 86.6 Å². The van der Waals surface area contributed by atoms with Crippen LogP contribution in [-0.4, -0.2) is 53.6 Å². The van der Waals surface area contributed by atoms with E-state index < -0.39 is 36.8 Å². The molecule has 0 radical (unpaired) electrons. The van der Waals surface area contributed by atoms with Crippen molar-refractivity contribution in [3.63, 3.8) is 0 Å². The summed E-state index contributed by atoms with van der Waals surface area (Å²) in [6, 6.07) is 39.1. The fourth-order valence-corrected chi connectivity index (χ4v) is 5.04. The van der Waals surface area contributed by atoms with E-state index in [-0.39, 0.29) is 33.0 Å². The molecule has 7 nitrogen and oxygen atoms in total. The lowest BCUT2D eigenvalue weighted by atomic mass is 9.94. The van der Waals surface area contributed by atoms with Crippen LogP contribution >= 0.6 is 0 Å². The van der Waals surface area contributed by atoms with Crippen LogP contribution in [0.5, 0.6) is 0 Å². The van der Waals surface area contributed by atoms with Crippen LogP contribution in [0.2, 0.25) is 0 Å². The van der Waals surface area contributed by atoms with Crippen molar-refractivity contribution in [3.8, 4) is 0 Å². The summed E-state index contributed by atoms with van der Waals surface area (Å²) in [6.07, 6.45) is -5.30. The second kappa shape index (κ2) is 15.7. The summed E-state index contributed by atoms with van der Waals surface area (Å²) in [5, 5.41) is 21.7. The summed E-state index contributed by atoms with van der Waals surface area (Å²) >= 11 is 0. The second-order valence-electron chi connectivity index (χ2n) is 10.3. The maximum Gasteiger partial charge on any atom is 0.184 e. The lowest BCUT2D eigenvalue weighted by Crippen LogP contribution is -2.63. The van der Waals surface area contributed by atoms with Crippen LogP contribution in [0, 0.1) is 0 Å². The zero-order chi connectivity index (χ0) is 29.0. The summed E-state index contributed by atoms with van der Waals surface area (Å²) in [5.74, 6) is 0. The number of rotatable bonds is 14. The molecule has 4 aromatic carbocycles. The van der Waals surface area contributed by atoms with Gasteiger partial charge in [-0.05, 0) is 22.3 Å². The molecule has 0 bridgehead atoms. The second-order valence-corrected chi connectivity index (χ2v) is 10.3. The van der Waals surface area contributed by atoms with Crippen molar-refractivity contribution in [1.82, 2.24) is 0 Å². The number of ether oxygens (including phenoxy) is 5. The maximum atomic E-state index is 11.3. The fraction of sp³-hybridized carbons (Fsp3) is 0.314. The Balaban J connectivity index is 1.41. The smallest absolute Gasteiger partial charge is 0.184 e. The van der Waals surface area contributed by atoms with Crippen LogP contribution in [0.15, 0.2) is 121 Å². The third-order valence-electron chi connectivity index (χ3n) is 7.26. The van der Waals surface area contributed by atoms with Gasteiger partial charge in [0.15, 0.2) is 6.29 Å². The monoisotopic (exact) mass is 570 g/mol. The average Bonchev–Trinajstić information content (AvgIpc) is 3.05. The molecule has 1 saturated heterocycles. The molecule has 0 unspecified atom stereocenters. The third kappa shape index (κ3) is 8.33. The zero-order valence-electron chi connectivity index (χ0n) is 23.5. The van der Waals surface area contributed by atoms with E-state index >= 15 is 0 Å². The molecule has 42 heavy (non-hydrogen) atoms. The van der Waals surface area contributed by atoms with Gasteiger partial charge in [0.05, 0.1) is 33.0 Å². The van der Waals surface area contributed by atoms with Gasteiger partial charge in [0.25, 0.3) is 0 Å². The Bertz CT molecular complexity index is 1290. The average molecular weight is 571 g/mol. The number of hydrogen-bond acceptors (Lipinski definition) is 7. The van der Waals surface area contributed by atoms with Gasteiger partial charge in [0.1, 0.15) is 30.5 Å². The molecule has 5 rings (SSSR count). The lowest BCUT2D eigenvalue weighted by Gasteiger charge is -2.46. The van der Waals surface area contributed by atoms with E-state index in [1.807, 2.05) is 121 Å². The first kappa shape index (κ1) is 30.1. The molecular weight excluding hydrogens is 532 g/mol. The molecule has 0 aliphatic carbocycles. The van der Waals surface area contributed by atoms with Crippen molar-refractivity contribution < 1.29 is 33.9 Å². The number of benzene rings is 4. The Hall–Kier alpha value is -3.40. The molecule has 0 spiro atoms. The van der Waals surface area contributed by atoms with Gasteiger partial charge >= 0.3 is 0 Å². The molecule has 1 aliphatic heterocycles. The number of hydrogen-bond donors (Lipinski definition) is 2. The van der Waals surface area contributed by atoms with Crippen LogP contribution in [0.1, 0.15) is 22.3 Å². The van der Waals surface area contributed by atoms with Crippen molar-refractivity contribution in [1.29, 1.82) is 0 Å². The van der Waals surface area contributed by atoms with Crippen molar-refractivity contribution in [2.75, 3.05) is 6.61 Å². The Morgan fingerprint density at radius 3 is 1.33 bits per heavy atom. The van der Waals surface area contributed by atoms with Crippen molar-refractivity contribution in [2.45, 2.75) is 63.2 Å². The number of aliphatic hydroxyl groups is 2. The Labute approximate surface area is 247 Å². The van der Waals surface area contributed by atoms with E-state index in [1.54, 1.807) is 0 Å². The summed E-state index contributed by atoms with van der Waals surface area (Å²) in [4.78, 5) is 0. The molecule has 1 aliphatic rings. The van der Waals surface area contributed by atoms with Gasteiger partial charge in [0, 0.05) is 0 Å². The summed E-state index contributed by atoms with van der Waals surface area (Å²) in [7, 11) is 0. The Kier molecular flexibility index (Phi) is 11.3. The predicted molar refractivity (Wildman–Crippen MR) is 158 cm³/mol. The molecule has 4 aromatic rings. The van der Waals surface area contributed by atoms with Crippen molar-refractivity contribution in [2.24, 2.45) is 0 Å². The van der Waals surface area contributed by atoms with Crippen LogP contribution in [0.3, 0.4) is 0 Å². The first-order valence-electron chi connectivity index (χ1n) is 14.3. The minimum absolute atomic E-state index is 0.251. The SMILES string of the molecule is OC[C@H](OCc1ccccc1)[C@H]1O[C@H](O)[C@@H](OCc2ccccc2)[C@@H](OCc2ccccc2)[C@@H]1OCc1ccccc1. The van der Waals surface area contributed by atoms with Crippen molar-refractivity contribution in [3.05, 3.63) is 144 Å². The van der Waals surface area contributed by atoms with Crippen LogP contribution in [0.25, 0.3) is 0 Å². The van der Waals surface area contributed by atoms with Crippen LogP contribution in [0.4, 0.5) is 0 Å². The molecular formula is C35H38O7. The molecule has 2 N–H and O–H groups in total. The largest absolute Gasteiger partial charge is 0.394 e. The van der Waals surface area contributed by atoms with Crippen LogP contribution in [-0.2, 0) is 50.1 Å². The van der Waals surface area contributed by atoms with Gasteiger partial charge in [-0.15, -0.1) is 0 Å². The minimum Gasteiger partial charge on any atom is -0.394 e. The Morgan fingerprint density at radius 2 is 0.905 bits per heavy atom. The van der Waals surface area contributed by atoms with Gasteiger partial charge < -0.3 is 33.9 Å². The van der Waals surface area contributed by atoms with Gasteiger partial charge in [-0.1, -0.05) is 121 Å². The molecule has 6 atom stereocenters. The van der Waals surface area contributed by atoms with Gasteiger partial charge in [-0.3, -0.25) is 0 Å². The lowest BCUT2D eigenvalue weighted by molar-refractivity contribution is -0.328. The standard InChI is InChI=1S/C35H38O7/c36-21-30(38-22-26-13-5-1-6-14-26)31-32(39-23-27-15-7-2-8-16-27)33(40-24-28-17-9-3-10-18-28)34(35(37)42-31)41-25-29-19-11-4-12-20-29/h1-20,30-37H,21-25H2/t30-,31+,32+,33-,34-,35-/m0/s1. The highest BCUT2D eigenvalue weighted by molar-refractivity contribution is 5.16. The quantitative estimate of drug-likeness (QED) is 0.220. The Morgan fingerprint density at radius 1 is 0.524 bits per heavy atom. The maximum absolute atomic E-state index is 11.3. The highest BCUT2D eigenvalue weighted by Gasteiger charge is 2.50. The highest BCUT2D eigenvalue weighted by atomic mass is 16.7. The van der Waals surface area contributed by atoms with Crippen LogP contribution < -0.4 is 0 Å². The van der Waals surface area contributed by atoms with E-state index in [2.05, 4.69) is 0 Å². The zero-order valence-corrected chi connectivity index (χ0v) is 23.5. The first-order chi connectivity index (χ1) is 20.7. The molecule has 1 heterocycles.